The highest BCUT2D eigenvalue weighted by atomic mass is 16.3. The van der Waals surface area contributed by atoms with Gasteiger partial charge in [-0.2, -0.15) is 4.57 Å². The van der Waals surface area contributed by atoms with E-state index in [0.717, 1.165) is 11.9 Å². The predicted octanol–water partition coefficient (Wildman–Crippen LogP) is 3.41. The predicted molar refractivity (Wildman–Crippen MR) is 69.9 cm³/mol. The standard InChI is InChI=1S/C15H19NO/c1-2-3-4-5-10-16-11-6-7-13-12-14(17)8-9-15(13)16/h6-9,11-12H,2-5,10H2,1H3/p+1. The van der Waals surface area contributed by atoms with Gasteiger partial charge in [0, 0.05) is 18.6 Å². The van der Waals surface area contributed by atoms with Crippen LogP contribution in [0.1, 0.15) is 32.6 Å². The molecule has 2 heteroatoms. The number of rotatable bonds is 5. The van der Waals surface area contributed by atoms with E-state index in [2.05, 4.69) is 17.7 Å². The molecule has 0 radical (unpaired) electrons. The maximum absolute atomic E-state index is 9.46. The number of aromatic nitrogens is 1. The summed E-state index contributed by atoms with van der Waals surface area (Å²) < 4.78 is 2.27. The third kappa shape index (κ3) is 2.96. The van der Waals surface area contributed by atoms with Crippen molar-refractivity contribution in [2.75, 3.05) is 0 Å². The van der Waals surface area contributed by atoms with Crippen molar-refractivity contribution in [2.45, 2.75) is 39.2 Å². The van der Waals surface area contributed by atoms with Gasteiger partial charge < -0.3 is 5.11 Å². The number of nitrogens with zero attached hydrogens (tertiary/aromatic N) is 1. The monoisotopic (exact) mass is 230 g/mol. The van der Waals surface area contributed by atoms with Crippen molar-refractivity contribution in [3.05, 3.63) is 36.5 Å². The first-order valence-corrected chi connectivity index (χ1v) is 6.42. The zero-order valence-electron chi connectivity index (χ0n) is 10.4. The zero-order valence-corrected chi connectivity index (χ0v) is 10.4. The summed E-state index contributed by atoms with van der Waals surface area (Å²) in [6.07, 6.45) is 7.21. The molecule has 0 fully saturated rings. The number of hydrogen-bond donors (Lipinski definition) is 1. The molecule has 2 rings (SSSR count). The van der Waals surface area contributed by atoms with Crippen LogP contribution in [-0.4, -0.2) is 5.11 Å². The summed E-state index contributed by atoms with van der Waals surface area (Å²) in [6.45, 7) is 3.29. The number of phenolic OH excluding ortho intramolecular Hbond substituents is 1. The summed E-state index contributed by atoms with van der Waals surface area (Å²) >= 11 is 0. The molecule has 2 aromatic rings. The molecule has 0 aliphatic carbocycles. The van der Waals surface area contributed by atoms with Crippen LogP contribution in [0.4, 0.5) is 0 Å². The van der Waals surface area contributed by atoms with Gasteiger partial charge in [0.1, 0.15) is 12.3 Å². The number of benzene rings is 1. The van der Waals surface area contributed by atoms with Crippen LogP contribution in [0, 0.1) is 0 Å². The molecule has 0 aliphatic heterocycles. The zero-order chi connectivity index (χ0) is 12.1. The van der Waals surface area contributed by atoms with Crippen molar-refractivity contribution < 1.29 is 9.67 Å². The SMILES string of the molecule is CCCCCC[n+]1cccc2cc(O)ccc21. The number of hydrogen-bond acceptors (Lipinski definition) is 1. The molecule has 0 unspecified atom stereocenters. The second kappa shape index (κ2) is 5.67. The molecule has 0 aliphatic rings. The van der Waals surface area contributed by atoms with Gasteiger partial charge in [0.05, 0.1) is 5.39 Å². The lowest BCUT2D eigenvalue weighted by Gasteiger charge is -2.01. The number of aromatic hydroxyl groups is 1. The number of pyridine rings is 1. The molecule has 0 bridgehead atoms. The van der Waals surface area contributed by atoms with Gasteiger partial charge in [-0.25, -0.2) is 0 Å². The molecule has 0 saturated heterocycles. The van der Waals surface area contributed by atoms with Gasteiger partial charge in [-0.05, 0) is 24.6 Å². The van der Waals surface area contributed by atoms with Crippen molar-refractivity contribution in [3.63, 3.8) is 0 Å². The van der Waals surface area contributed by atoms with Crippen LogP contribution in [0.3, 0.4) is 0 Å². The molecular formula is C15H20NO+. The second-order valence-corrected chi connectivity index (χ2v) is 4.51. The first-order chi connectivity index (χ1) is 8.31. The van der Waals surface area contributed by atoms with Gasteiger partial charge in [0.25, 0.3) is 0 Å². The molecule has 0 saturated carbocycles. The highest BCUT2D eigenvalue weighted by Gasteiger charge is 2.07. The second-order valence-electron chi connectivity index (χ2n) is 4.51. The minimum atomic E-state index is 0.334. The van der Waals surface area contributed by atoms with Crippen molar-refractivity contribution in [1.82, 2.24) is 0 Å². The fourth-order valence-corrected chi connectivity index (χ4v) is 2.17. The van der Waals surface area contributed by atoms with Gasteiger partial charge in [0.2, 0.25) is 5.52 Å². The van der Waals surface area contributed by atoms with Crippen molar-refractivity contribution in [1.29, 1.82) is 0 Å². The molecule has 1 heterocycles. The maximum atomic E-state index is 9.46. The molecular weight excluding hydrogens is 210 g/mol. The van der Waals surface area contributed by atoms with E-state index in [9.17, 15) is 5.11 Å². The minimum absolute atomic E-state index is 0.334. The smallest absolute Gasteiger partial charge is 0.212 e. The van der Waals surface area contributed by atoms with E-state index >= 15 is 0 Å². The number of phenols is 1. The number of aryl methyl sites for hydroxylation is 1. The Morgan fingerprint density at radius 1 is 1.12 bits per heavy atom. The Morgan fingerprint density at radius 2 is 2.00 bits per heavy atom. The highest BCUT2D eigenvalue weighted by Crippen LogP contribution is 2.16. The quantitative estimate of drug-likeness (QED) is 0.617. The van der Waals surface area contributed by atoms with Crippen LogP contribution >= 0.6 is 0 Å². The Hall–Kier alpha value is -1.57. The fraction of sp³-hybridized carbons (Fsp3) is 0.400. The molecule has 1 aromatic heterocycles. The molecule has 1 N–H and O–H groups in total. The van der Waals surface area contributed by atoms with E-state index in [1.54, 1.807) is 6.07 Å². The van der Waals surface area contributed by atoms with Crippen molar-refractivity contribution in [2.24, 2.45) is 0 Å². The largest absolute Gasteiger partial charge is 0.508 e. The Bertz CT molecular complexity index is 493. The normalized spacial score (nSPS) is 10.9. The van der Waals surface area contributed by atoms with Crippen LogP contribution < -0.4 is 4.57 Å². The van der Waals surface area contributed by atoms with Crippen molar-refractivity contribution >= 4 is 10.9 Å². The molecule has 17 heavy (non-hydrogen) atoms. The lowest BCUT2D eigenvalue weighted by Crippen LogP contribution is -2.33. The van der Waals surface area contributed by atoms with Crippen LogP contribution in [0.15, 0.2) is 36.5 Å². The summed E-state index contributed by atoms with van der Waals surface area (Å²) in [4.78, 5) is 0. The molecule has 2 nitrogen and oxygen atoms in total. The first-order valence-electron chi connectivity index (χ1n) is 6.42. The Balaban J connectivity index is 2.16. The Morgan fingerprint density at radius 3 is 2.82 bits per heavy atom. The topological polar surface area (TPSA) is 24.1 Å². The lowest BCUT2D eigenvalue weighted by atomic mass is 10.2. The fourth-order valence-electron chi connectivity index (χ4n) is 2.17. The van der Waals surface area contributed by atoms with Gasteiger partial charge in [-0.3, -0.25) is 0 Å². The minimum Gasteiger partial charge on any atom is -0.508 e. The van der Waals surface area contributed by atoms with E-state index in [-0.39, 0.29) is 0 Å². The number of fused-ring (bicyclic) bond motifs is 1. The third-order valence-electron chi connectivity index (χ3n) is 3.11. The summed E-state index contributed by atoms with van der Waals surface area (Å²) in [6, 6.07) is 9.65. The van der Waals surface area contributed by atoms with Gasteiger partial charge in [-0.15, -0.1) is 0 Å². The summed E-state index contributed by atoms with van der Waals surface area (Å²) in [5.41, 5.74) is 1.20. The van der Waals surface area contributed by atoms with E-state index in [1.165, 1.54) is 31.2 Å². The Kier molecular flexibility index (Phi) is 3.97. The molecule has 90 valence electrons. The summed E-state index contributed by atoms with van der Waals surface area (Å²) in [7, 11) is 0. The molecule has 1 aromatic carbocycles. The van der Waals surface area contributed by atoms with Crippen molar-refractivity contribution in [3.8, 4) is 5.75 Å². The Labute approximate surface area is 103 Å². The van der Waals surface area contributed by atoms with Crippen LogP contribution in [0.5, 0.6) is 5.75 Å². The van der Waals surface area contributed by atoms with Crippen LogP contribution in [-0.2, 0) is 6.54 Å². The van der Waals surface area contributed by atoms with Gasteiger partial charge >= 0.3 is 0 Å². The number of unbranched alkanes of at least 4 members (excludes halogenated alkanes) is 3. The molecule has 0 amide bonds. The summed E-state index contributed by atoms with van der Waals surface area (Å²) in [5, 5.41) is 10.6. The average molecular weight is 230 g/mol. The van der Waals surface area contributed by atoms with E-state index in [1.807, 2.05) is 24.3 Å². The third-order valence-corrected chi connectivity index (χ3v) is 3.11. The average Bonchev–Trinajstić information content (AvgIpc) is 2.34. The molecule has 0 atom stereocenters. The first kappa shape index (κ1) is 11.9. The van der Waals surface area contributed by atoms with Gasteiger partial charge in [-0.1, -0.05) is 19.8 Å². The highest BCUT2D eigenvalue weighted by molar-refractivity contribution is 5.76. The van der Waals surface area contributed by atoms with Gasteiger partial charge in [0.15, 0.2) is 6.20 Å². The van der Waals surface area contributed by atoms with Crippen LogP contribution in [0.2, 0.25) is 0 Å². The van der Waals surface area contributed by atoms with Crippen LogP contribution in [0.25, 0.3) is 10.9 Å². The van der Waals surface area contributed by atoms with E-state index in [4.69, 9.17) is 0 Å². The summed E-state index contributed by atoms with van der Waals surface area (Å²) in [5.74, 6) is 0.334. The van der Waals surface area contributed by atoms with E-state index < -0.39 is 0 Å². The lowest BCUT2D eigenvalue weighted by molar-refractivity contribution is -0.671. The maximum Gasteiger partial charge on any atom is 0.212 e. The molecule has 0 spiro atoms. The van der Waals surface area contributed by atoms with E-state index in [0.29, 0.717) is 5.75 Å².